The molecule has 0 aromatic carbocycles. The van der Waals surface area contributed by atoms with E-state index in [2.05, 4.69) is 4.74 Å². The second kappa shape index (κ2) is 4.89. The summed E-state index contributed by atoms with van der Waals surface area (Å²) in [6.07, 6.45) is 1.19. The summed E-state index contributed by atoms with van der Waals surface area (Å²) in [7, 11) is 0. The molecule has 0 atom stereocenters. The Balaban J connectivity index is 3.75. The van der Waals surface area contributed by atoms with Crippen molar-refractivity contribution in [3.05, 3.63) is 12.2 Å². The van der Waals surface area contributed by atoms with Gasteiger partial charge >= 0.3 is 17.9 Å². The Bertz CT molecular complexity index is 228. The molecule has 6 heteroatoms. The van der Waals surface area contributed by atoms with Crippen LogP contribution >= 0.6 is 0 Å². The van der Waals surface area contributed by atoms with Gasteiger partial charge < -0.3 is 14.9 Å². The summed E-state index contributed by atoms with van der Waals surface area (Å²) in [6.45, 7) is -0.775. The molecule has 6 nitrogen and oxygen atoms in total. The summed E-state index contributed by atoms with van der Waals surface area (Å²) < 4.78 is 4.07. The van der Waals surface area contributed by atoms with Crippen LogP contribution < -0.4 is 0 Å². The highest BCUT2D eigenvalue weighted by atomic mass is 16.5. The number of carbonyl (C=O) groups is 3. The molecule has 0 rings (SSSR count). The molecule has 0 heterocycles. The van der Waals surface area contributed by atoms with Crippen LogP contribution in [0.5, 0.6) is 0 Å². The van der Waals surface area contributed by atoms with Crippen molar-refractivity contribution in [2.24, 2.45) is 0 Å². The van der Waals surface area contributed by atoms with E-state index >= 15 is 0 Å². The van der Waals surface area contributed by atoms with Gasteiger partial charge in [-0.15, -0.1) is 0 Å². The van der Waals surface area contributed by atoms with Gasteiger partial charge in [0.2, 0.25) is 0 Å². The van der Waals surface area contributed by atoms with Gasteiger partial charge in [-0.25, -0.2) is 14.4 Å². The van der Waals surface area contributed by atoms with Crippen LogP contribution in [0.1, 0.15) is 0 Å². The standard InChI is InChI=1S/C6H6O6/c7-4(8)1-2-6(11)12-3-5(9)10/h1-2H,3H2,(H,7,8)(H,9,10)/b2-1+. The van der Waals surface area contributed by atoms with Crippen LogP contribution in [0, 0.1) is 0 Å². The lowest BCUT2D eigenvalue weighted by atomic mass is 10.5. The lowest BCUT2D eigenvalue weighted by molar-refractivity contribution is -0.151. The number of carboxylic acid groups (broad SMARTS) is 2. The van der Waals surface area contributed by atoms with Crippen molar-refractivity contribution in [2.75, 3.05) is 6.61 Å². The number of carbonyl (C=O) groups excluding carboxylic acids is 1. The summed E-state index contributed by atoms with van der Waals surface area (Å²) in [6, 6.07) is 0. The number of hydrogen-bond acceptors (Lipinski definition) is 4. The largest absolute Gasteiger partial charge is 0.479 e. The van der Waals surface area contributed by atoms with Gasteiger partial charge in [-0.1, -0.05) is 0 Å². The van der Waals surface area contributed by atoms with Gasteiger partial charge in [0.25, 0.3) is 0 Å². The van der Waals surface area contributed by atoms with Crippen molar-refractivity contribution in [3.8, 4) is 0 Å². The van der Waals surface area contributed by atoms with E-state index in [4.69, 9.17) is 10.2 Å². The molecule has 0 fully saturated rings. The van der Waals surface area contributed by atoms with E-state index in [1.54, 1.807) is 0 Å². The predicted molar refractivity (Wildman–Crippen MR) is 35.4 cm³/mol. The molecule has 0 unspecified atom stereocenters. The molecule has 0 aliphatic rings. The molecule has 0 aromatic heterocycles. The summed E-state index contributed by atoms with van der Waals surface area (Å²) in [5.74, 6) is -3.60. The Morgan fingerprint density at radius 2 is 1.75 bits per heavy atom. The zero-order valence-electron chi connectivity index (χ0n) is 5.89. The fraction of sp³-hybridized carbons (Fsp3) is 0.167. The summed E-state index contributed by atoms with van der Waals surface area (Å²) >= 11 is 0. The normalized spacial score (nSPS) is 9.67. The molecule has 0 radical (unpaired) electrons. The summed E-state index contributed by atoms with van der Waals surface area (Å²) in [5, 5.41) is 16.1. The van der Waals surface area contributed by atoms with E-state index in [-0.39, 0.29) is 0 Å². The zero-order valence-corrected chi connectivity index (χ0v) is 5.89. The third-order valence-corrected chi connectivity index (χ3v) is 0.700. The predicted octanol–water partition coefficient (Wildman–Crippen LogP) is -0.745. The van der Waals surface area contributed by atoms with Gasteiger partial charge in [-0.3, -0.25) is 0 Å². The van der Waals surface area contributed by atoms with E-state index in [1.165, 1.54) is 0 Å². The Morgan fingerprint density at radius 1 is 1.17 bits per heavy atom. The first-order valence-electron chi connectivity index (χ1n) is 2.82. The number of rotatable bonds is 4. The Labute approximate surface area is 67.1 Å². The first-order valence-corrected chi connectivity index (χ1v) is 2.82. The number of esters is 1. The van der Waals surface area contributed by atoms with Gasteiger partial charge in [0, 0.05) is 12.2 Å². The zero-order chi connectivity index (χ0) is 9.56. The molecule has 2 N–H and O–H groups in total. The second-order valence-electron chi connectivity index (χ2n) is 1.67. The van der Waals surface area contributed by atoms with Crippen LogP contribution in [0.3, 0.4) is 0 Å². The first kappa shape index (κ1) is 10.2. The van der Waals surface area contributed by atoms with Crippen LogP contribution in [0.15, 0.2) is 12.2 Å². The van der Waals surface area contributed by atoms with Crippen LogP contribution in [0.4, 0.5) is 0 Å². The number of hydrogen-bond donors (Lipinski definition) is 2. The minimum absolute atomic E-state index is 0.560. The van der Waals surface area contributed by atoms with Crippen molar-refractivity contribution in [1.82, 2.24) is 0 Å². The van der Waals surface area contributed by atoms with Crippen molar-refractivity contribution < 1.29 is 29.3 Å². The van der Waals surface area contributed by atoms with E-state index in [9.17, 15) is 14.4 Å². The molecule has 0 aliphatic heterocycles. The third kappa shape index (κ3) is 6.27. The van der Waals surface area contributed by atoms with Crippen LogP contribution in [-0.2, 0) is 19.1 Å². The lowest BCUT2D eigenvalue weighted by Crippen LogP contribution is -2.11. The summed E-state index contributed by atoms with van der Waals surface area (Å²) in [4.78, 5) is 30.1. The number of aliphatic carboxylic acids is 2. The molecular weight excluding hydrogens is 168 g/mol. The van der Waals surface area contributed by atoms with E-state index < -0.39 is 24.5 Å². The average molecular weight is 174 g/mol. The SMILES string of the molecule is O=C(O)/C=C/C(=O)OCC(=O)O. The van der Waals surface area contributed by atoms with Crippen molar-refractivity contribution >= 4 is 17.9 Å². The minimum atomic E-state index is -1.30. The van der Waals surface area contributed by atoms with Crippen LogP contribution in [0.2, 0.25) is 0 Å². The monoisotopic (exact) mass is 174 g/mol. The fourth-order valence-electron chi connectivity index (χ4n) is 0.320. The van der Waals surface area contributed by atoms with E-state index in [0.29, 0.717) is 12.2 Å². The topological polar surface area (TPSA) is 101 Å². The van der Waals surface area contributed by atoms with Gasteiger partial charge in [0.15, 0.2) is 6.61 Å². The third-order valence-electron chi connectivity index (χ3n) is 0.700. The Morgan fingerprint density at radius 3 is 2.17 bits per heavy atom. The van der Waals surface area contributed by atoms with Gasteiger partial charge in [0.05, 0.1) is 0 Å². The molecule has 0 aliphatic carbocycles. The molecule has 12 heavy (non-hydrogen) atoms. The number of carboxylic acids is 2. The maximum Gasteiger partial charge on any atom is 0.341 e. The minimum Gasteiger partial charge on any atom is -0.479 e. The highest BCUT2D eigenvalue weighted by Gasteiger charge is 2.01. The van der Waals surface area contributed by atoms with Crippen molar-refractivity contribution in [2.45, 2.75) is 0 Å². The molecule has 66 valence electrons. The van der Waals surface area contributed by atoms with Gasteiger partial charge in [0.1, 0.15) is 0 Å². The Kier molecular flexibility index (Phi) is 4.13. The van der Waals surface area contributed by atoms with Crippen molar-refractivity contribution in [1.29, 1.82) is 0 Å². The smallest absolute Gasteiger partial charge is 0.341 e. The van der Waals surface area contributed by atoms with Gasteiger partial charge in [-0.2, -0.15) is 0 Å². The molecule has 0 bridgehead atoms. The van der Waals surface area contributed by atoms with Crippen LogP contribution in [-0.4, -0.2) is 34.7 Å². The molecule has 0 saturated carbocycles. The molecule has 0 aromatic rings. The summed E-state index contributed by atoms with van der Waals surface area (Å²) in [5.41, 5.74) is 0. The number of ether oxygens (including phenoxy) is 1. The Hall–Kier alpha value is -1.85. The van der Waals surface area contributed by atoms with Crippen molar-refractivity contribution in [3.63, 3.8) is 0 Å². The molecule has 0 saturated heterocycles. The fourth-order valence-corrected chi connectivity index (χ4v) is 0.320. The first-order chi connectivity index (χ1) is 5.52. The maximum absolute atomic E-state index is 10.4. The highest BCUT2D eigenvalue weighted by Crippen LogP contribution is 1.81. The second-order valence-corrected chi connectivity index (χ2v) is 1.67. The van der Waals surface area contributed by atoms with Crippen LogP contribution in [0.25, 0.3) is 0 Å². The molecule has 0 spiro atoms. The van der Waals surface area contributed by atoms with E-state index in [1.807, 2.05) is 0 Å². The maximum atomic E-state index is 10.4. The van der Waals surface area contributed by atoms with E-state index in [0.717, 1.165) is 0 Å². The lowest BCUT2D eigenvalue weighted by Gasteiger charge is -1.94. The molecule has 0 amide bonds. The highest BCUT2D eigenvalue weighted by molar-refractivity contribution is 5.91. The quantitative estimate of drug-likeness (QED) is 0.429. The molecular formula is C6H6O6. The average Bonchev–Trinajstić information content (AvgIpc) is 1.96. The van der Waals surface area contributed by atoms with Gasteiger partial charge in [-0.05, 0) is 0 Å².